The molecule has 0 amide bonds. The number of carbonyl (C=O) groups is 1. The van der Waals surface area contributed by atoms with Crippen molar-refractivity contribution < 1.29 is 51.3 Å². The molecule has 20 nitrogen and oxygen atoms in total. The van der Waals surface area contributed by atoms with Crippen molar-refractivity contribution in [3.8, 4) is 5.69 Å². The van der Waals surface area contributed by atoms with E-state index in [9.17, 15) is 56.5 Å². The lowest BCUT2D eigenvalue weighted by Crippen LogP contribution is -2.25. The number of nitro groups is 2. The molecule has 322 valence electrons. The van der Waals surface area contributed by atoms with E-state index in [2.05, 4.69) is 33.9 Å². The van der Waals surface area contributed by atoms with E-state index in [0.717, 1.165) is 25.2 Å². The molecule has 5 N–H and O–H groups in total. The quantitative estimate of drug-likeness (QED) is 0.0629. The molecule has 1 heterocycles. The Hall–Kier alpha value is -3.90. The number of hydrogen-bond donors (Lipinski definition) is 5. The Morgan fingerprint density at radius 3 is 1.96 bits per heavy atom. The van der Waals surface area contributed by atoms with E-state index in [1.165, 1.54) is 19.1 Å². The predicted molar refractivity (Wildman–Crippen MR) is 215 cm³/mol. The topological polar surface area (TPSA) is 294 Å². The van der Waals surface area contributed by atoms with Crippen LogP contribution in [0.2, 0.25) is 10.0 Å². The Labute approximate surface area is 339 Å². The number of carboxylic acids is 1. The number of benzene rings is 2. The number of alkyl halides is 2. The SMILES string of the molecule is CCC(CC)Nc1c([N+](=O)[O-])cc(C)c(C)c1[N+](=O)[O-].C[S+](C)C.Cc1nn(-c2cc(NS(C)(=O)=O)c(Cl)cc2Cl)c(=O)n1C(F)F.O=C(O)CNCP(=O)([O-])O. The molecule has 1 atom stereocenters. The zero-order valence-electron chi connectivity index (χ0n) is 32.2. The van der Waals surface area contributed by atoms with Crippen LogP contribution in [0, 0.1) is 41.0 Å². The van der Waals surface area contributed by atoms with Crippen molar-refractivity contribution in [3.05, 3.63) is 75.9 Å². The predicted octanol–water partition coefficient (Wildman–Crippen LogP) is 4.79. The number of aryl methyl sites for hydroxylation is 2. The van der Waals surface area contributed by atoms with Crippen molar-refractivity contribution in [1.29, 1.82) is 0 Å². The van der Waals surface area contributed by atoms with E-state index in [4.69, 9.17) is 33.2 Å². The van der Waals surface area contributed by atoms with E-state index >= 15 is 0 Å². The van der Waals surface area contributed by atoms with Gasteiger partial charge in [0.25, 0.3) is 5.69 Å². The summed E-state index contributed by atoms with van der Waals surface area (Å²) in [5, 5.41) is 39.0. The maximum atomic E-state index is 12.8. The minimum absolute atomic E-state index is 0.0109. The lowest BCUT2D eigenvalue weighted by molar-refractivity contribution is -0.392. The summed E-state index contributed by atoms with van der Waals surface area (Å²) in [5.41, 5.74) is -0.717. The third-order valence-corrected chi connectivity index (χ3v) is 8.66. The fourth-order valence-corrected chi connectivity index (χ4v) is 5.76. The van der Waals surface area contributed by atoms with Gasteiger partial charge in [-0.25, -0.2) is 17.8 Å². The van der Waals surface area contributed by atoms with E-state index in [-0.39, 0.29) is 54.9 Å². The molecule has 3 rings (SSSR count). The fraction of sp³-hybridized carbons (Fsp3) is 0.500. The van der Waals surface area contributed by atoms with Gasteiger partial charge in [-0.2, -0.15) is 13.5 Å². The molecule has 27 heteroatoms. The van der Waals surface area contributed by atoms with Crippen molar-refractivity contribution in [2.75, 3.05) is 47.9 Å². The minimum Gasteiger partial charge on any atom is -0.778 e. The zero-order valence-corrected chi connectivity index (χ0v) is 36.2. The van der Waals surface area contributed by atoms with E-state index in [1.807, 2.05) is 19.2 Å². The monoisotopic (exact) mass is 912 g/mol. The molecule has 3 aromatic rings. The number of carboxylic acid groups (broad SMARTS) is 1. The van der Waals surface area contributed by atoms with Gasteiger partial charge in [-0.3, -0.25) is 35.1 Å². The smallest absolute Gasteiger partial charge is 0.355 e. The minimum atomic E-state index is -4.35. The molecule has 0 aliphatic carbocycles. The average Bonchev–Trinajstić information content (AvgIpc) is 3.34. The summed E-state index contributed by atoms with van der Waals surface area (Å²) in [6, 6.07) is 3.66. The molecule has 0 radical (unpaired) electrons. The van der Waals surface area contributed by atoms with Crippen LogP contribution in [-0.2, 0) is 30.3 Å². The van der Waals surface area contributed by atoms with Crippen LogP contribution in [0.25, 0.3) is 5.69 Å². The number of hydrogen-bond acceptors (Lipinski definition) is 13. The molecule has 0 aliphatic rings. The van der Waals surface area contributed by atoms with Crippen molar-refractivity contribution >= 4 is 80.4 Å². The van der Waals surface area contributed by atoms with E-state index in [1.54, 1.807) is 13.8 Å². The molecule has 0 spiro atoms. The van der Waals surface area contributed by atoms with Crippen LogP contribution < -0.4 is 25.9 Å². The van der Waals surface area contributed by atoms with Gasteiger partial charge >= 0.3 is 23.9 Å². The standard InChI is InChI=1S/C13H19N3O4.C11H10Cl2F2N4O3S.C3H8NO5P.C3H9S/c1-5-10(6-2)14-12-11(15(17)18)7-8(3)9(4)13(12)16(19)20;1-5-16-19(11(20)18(5)10(14)15)9-4-8(17-23(2,21)22)6(12)3-7(9)13;5-3(6)1-4-2-10(7,8)9;1-4(2)3/h7,10,14H,5-6H2,1-4H3;3-4,10,17H,1-2H3;4H,1-2H2,(H,5,6)(H2,7,8,9);1-3H3/q;;;+1/p-1. The molecule has 0 bridgehead atoms. The van der Waals surface area contributed by atoms with Crippen molar-refractivity contribution in [1.82, 2.24) is 19.7 Å². The van der Waals surface area contributed by atoms with Gasteiger partial charge in [0.2, 0.25) is 10.0 Å². The second kappa shape index (κ2) is 23.5. The summed E-state index contributed by atoms with van der Waals surface area (Å²) in [4.78, 5) is 61.1. The van der Waals surface area contributed by atoms with Gasteiger partial charge in [-0.15, -0.1) is 5.10 Å². The fourth-order valence-electron chi connectivity index (χ4n) is 4.23. The normalized spacial score (nSPS) is 12.0. The van der Waals surface area contributed by atoms with Gasteiger partial charge in [0, 0.05) is 17.7 Å². The van der Waals surface area contributed by atoms with E-state index in [0.29, 0.717) is 26.7 Å². The molecule has 57 heavy (non-hydrogen) atoms. The Balaban J connectivity index is 0.000000837. The number of halogens is 4. The molecule has 2 aromatic carbocycles. The third kappa shape index (κ3) is 18.5. The van der Waals surface area contributed by atoms with Gasteiger partial charge in [0.15, 0.2) is 5.69 Å². The summed E-state index contributed by atoms with van der Waals surface area (Å²) in [7, 11) is -7.36. The molecule has 1 aromatic heterocycles. The molecule has 0 fully saturated rings. The molecular weight excluding hydrogens is 868 g/mol. The summed E-state index contributed by atoms with van der Waals surface area (Å²) in [6.45, 7) is 4.78. The van der Waals surface area contributed by atoms with Gasteiger partial charge in [0.1, 0.15) is 13.4 Å². The first kappa shape index (κ1) is 53.1. The Morgan fingerprint density at radius 1 is 1.05 bits per heavy atom. The third-order valence-electron chi connectivity index (χ3n) is 6.83. The van der Waals surface area contributed by atoms with E-state index < -0.39 is 58.5 Å². The lowest BCUT2D eigenvalue weighted by atomic mass is 10.0. The van der Waals surface area contributed by atoms with Gasteiger partial charge < -0.3 is 24.8 Å². The Morgan fingerprint density at radius 2 is 1.58 bits per heavy atom. The van der Waals surface area contributed by atoms with Crippen molar-refractivity contribution in [3.63, 3.8) is 0 Å². The number of anilines is 2. The number of sulfonamides is 1. The maximum Gasteiger partial charge on any atom is 0.355 e. The molecule has 0 aliphatic heterocycles. The molecular formula is C30H45Cl2F2N8O12PS2. The average molecular weight is 914 g/mol. The highest BCUT2D eigenvalue weighted by Crippen LogP contribution is 2.39. The first-order chi connectivity index (χ1) is 26.0. The Bertz CT molecular complexity index is 2100. The second-order valence-electron chi connectivity index (χ2n) is 12.1. The number of aliphatic carboxylic acids is 1. The van der Waals surface area contributed by atoms with Crippen LogP contribution in [0.1, 0.15) is 50.2 Å². The lowest BCUT2D eigenvalue weighted by Gasteiger charge is -2.17. The molecule has 0 saturated heterocycles. The van der Waals surface area contributed by atoms with Crippen molar-refractivity contribution in [2.24, 2.45) is 0 Å². The Kier molecular flexibility index (Phi) is 21.9. The largest absolute Gasteiger partial charge is 0.778 e. The van der Waals surface area contributed by atoms with Crippen LogP contribution in [0.15, 0.2) is 23.0 Å². The maximum absolute atomic E-state index is 12.8. The van der Waals surface area contributed by atoms with Crippen molar-refractivity contribution in [2.45, 2.75) is 60.1 Å². The van der Waals surface area contributed by atoms with Gasteiger partial charge in [-0.1, -0.05) is 37.0 Å². The highest BCUT2D eigenvalue weighted by Gasteiger charge is 2.30. The van der Waals surface area contributed by atoms with Gasteiger partial charge in [-0.05, 0) is 62.2 Å². The number of nitro benzene ring substituents is 2. The van der Waals surface area contributed by atoms with Crippen LogP contribution in [-0.4, -0.2) is 92.5 Å². The summed E-state index contributed by atoms with van der Waals surface area (Å²) >= 11 is 11.8. The van der Waals surface area contributed by atoms with Crippen LogP contribution in [0.3, 0.4) is 0 Å². The molecule has 1 unspecified atom stereocenters. The summed E-state index contributed by atoms with van der Waals surface area (Å²) < 4.78 is 61.2. The van der Waals surface area contributed by atoms with Gasteiger partial charge in [0.05, 0.1) is 69.1 Å². The summed E-state index contributed by atoms with van der Waals surface area (Å²) in [5.74, 6) is -1.40. The van der Waals surface area contributed by atoms with Crippen LogP contribution >= 0.6 is 30.8 Å². The highest BCUT2D eigenvalue weighted by atomic mass is 35.5. The van der Waals surface area contributed by atoms with Crippen LogP contribution in [0.4, 0.5) is 31.5 Å². The number of aromatic nitrogens is 3. The first-order valence-electron chi connectivity index (χ1n) is 16.1. The number of nitrogens with one attached hydrogen (secondary N) is 3. The number of rotatable bonds is 14. The molecule has 0 saturated carbocycles. The second-order valence-corrected chi connectivity index (χ2v) is 18.7. The van der Waals surface area contributed by atoms with Crippen LogP contribution in [0.5, 0.6) is 0 Å². The zero-order chi connectivity index (χ0) is 44.7. The summed E-state index contributed by atoms with van der Waals surface area (Å²) in [6.07, 6.45) is 8.24. The highest BCUT2D eigenvalue weighted by molar-refractivity contribution is 7.94. The first-order valence-corrected chi connectivity index (χ1v) is 22.9. The number of nitrogens with zero attached hydrogens (tertiary/aromatic N) is 5.